The van der Waals surface area contributed by atoms with Crippen molar-refractivity contribution in [2.45, 2.75) is 32.7 Å². The van der Waals surface area contributed by atoms with E-state index in [-0.39, 0.29) is 0 Å². The van der Waals surface area contributed by atoms with E-state index in [0.717, 1.165) is 25.8 Å². The van der Waals surface area contributed by atoms with E-state index < -0.39 is 6.09 Å². The highest BCUT2D eigenvalue weighted by Gasteiger charge is 2.21. The summed E-state index contributed by atoms with van der Waals surface area (Å²) < 4.78 is 1.97. The summed E-state index contributed by atoms with van der Waals surface area (Å²) in [5.74, 6) is 0.634. The first kappa shape index (κ1) is 12.0. The van der Waals surface area contributed by atoms with Crippen LogP contribution in [0.2, 0.25) is 0 Å². The molecule has 1 N–H and O–H groups in total. The Bertz CT molecular complexity index is 381. The summed E-state index contributed by atoms with van der Waals surface area (Å²) in [7, 11) is 0. The number of carbonyl (C=O) groups is 1. The lowest BCUT2D eigenvalue weighted by molar-refractivity contribution is 0.122. The SMILES string of the molecule is Cc1cnn(CCC2CCN(C(=O)O)CC2)c1. The Morgan fingerprint density at radius 3 is 2.76 bits per heavy atom. The zero-order valence-corrected chi connectivity index (χ0v) is 10.2. The Balaban J connectivity index is 1.73. The predicted octanol–water partition coefficient (Wildman–Crippen LogP) is 1.97. The first-order valence-electron chi connectivity index (χ1n) is 6.12. The molecule has 0 bridgehead atoms. The van der Waals surface area contributed by atoms with Crippen LogP contribution >= 0.6 is 0 Å². The fourth-order valence-corrected chi connectivity index (χ4v) is 2.32. The van der Waals surface area contributed by atoms with E-state index in [1.807, 2.05) is 24.0 Å². The van der Waals surface area contributed by atoms with E-state index in [2.05, 4.69) is 5.10 Å². The zero-order chi connectivity index (χ0) is 12.3. The largest absolute Gasteiger partial charge is 0.465 e. The van der Waals surface area contributed by atoms with E-state index >= 15 is 0 Å². The number of carboxylic acid groups (broad SMARTS) is 1. The number of nitrogens with zero attached hydrogens (tertiary/aromatic N) is 3. The van der Waals surface area contributed by atoms with Crippen LogP contribution in [0.3, 0.4) is 0 Å². The van der Waals surface area contributed by atoms with Gasteiger partial charge in [-0.25, -0.2) is 4.79 Å². The van der Waals surface area contributed by atoms with Gasteiger partial charge in [-0.3, -0.25) is 4.68 Å². The van der Waals surface area contributed by atoms with Gasteiger partial charge in [0.1, 0.15) is 0 Å². The van der Waals surface area contributed by atoms with E-state index in [4.69, 9.17) is 5.11 Å². The quantitative estimate of drug-likeness (QED) is 0.874. The molecule has 1 aliphatic rings. The van der Waals surface area contributed by atoms with Crippen molar-refractivity contribution in [3.05, 3.63) is 18.0 Å². The summed E-state index contributed by atoms with van der Waals surface area (Å²) >= 11 is 0. The van der Waals surface area contributed by atoms with E-state index in [0.29, 0.717) is 19.0 Å². The smallest absolute Gasteiger partial charge is 0.407 e. The van der Waals surface area contributed by atoms with Crippen LogP contribution in [0.1, 0.15) is 24.8 Å². The number of rotatable bonds is 3. The van der Waals surface area contributed by atoms with E-state index in [9.17, 15) is 4.79 Å². The molecule has 0 saturated carbocycles. The molecule has 1 aliphatic heterocycles. The zero-order valence-electron chi connectivity index (χ0n) is 10.2. The molecule has 17 heavy (non-hydrogen) atoms. The second-order valence-corrected chi connectivity index (χ2v) is 4.78. The molecule has 94 valence electrons. The third-order valence-corrected chi connectivity index (χ3v) is 3.41. The molecule has 0 radical (unpaired) electrons. The summed E-state index contributed by atoms with van der Waals surface area (Å²) in [4.78, 5) is 12.3. The fourth-order valence-electron chi connectivity index (χ4n) is 2.32. The van der Waals surface area contributed by atoms with Crippen molar-refractivity contribution in [3.63, 3.8) is 0 Å². The maximum atomic E-state index is 10.8. The summed E-state index contributed by atoms with van der Waals surface area (Å²) in [5.41, 5.74) is 1.19. The number of hydrogen-bond donors (Lipinski definition) is 1. The molecule has 0 atom stereocenters. The molecule has 5 heteroatoms. The highest BCUT2D eigenvalue weighted by Crippen LogP contribution is 2.21. The van der Waals surface area contributed by atoms with Crippen molar-refractivity contribution in [1.29, 1.82) is 0 Å². The maximum absolute atomic E-state index is 10.8. The van der Waals surface area contributed by atoms with Crippen molar-refractivity contribution in [2.75, 3.05) is 13.1 Å². The molecule has 0 aliphatic carbocycles. The molecule has 2 rings (SSSR count). The molecule has 2 heterocycles. The molecular weight excluding hydrogens is 218 g/mol. The van der Waals surface area contributed by atoms with E-state index in [1.54, 1.807) is 0 Å². The lowest BCUT2D eigenvalue weighted by atomic mass is 9.94. The number of piperidine rings is 1. The monoisotopic (exact) mass is 237 g/mol. The average molecular weight is 237 g/mol. The Morgan fingerprint density at radius 2 is 2.24 bits per heavy atom. The second-order valence-electron chi connectivity index (χ2n) is 4.78. The molecule has 1 aromatic rings. The van der Waals surface area contributed by atoms with Crippen molar-refractivity contribution < 1.29 is 9.90 Å². The van der Waals surface area contributed by atoms with Crippen molar-refractivity contribution in [3.8, 4) is 0 Å². The summed E-state index contributed by atoms with van der Waals surface area (Å²) in [6, 6.07) is 0. The van der Waals surface area contributed by atoms with Crippen molar-refractivity contribution in [2.24, 2.45) is 5.92 Å². The van der Waals surface area contributed by atoms with Gasteiger partial charge in [0, 0.05) is 25.8 Å². The molecule has 1 saturated heterocycles. The average Bonchev–Trinajstić information content (AvgIpc) is 2.73. The summed E-state index contributed by atoms with van der Waals surface area (Å²) in [6.07, 6.45) is 6.18. The molecule has 1 fully saturated rings. The normalized spacial score (nSPS) is 17.4. The molecule has 1 amide bonds. The van der Waals surface area contributed by atoms with Crippen LogP contribution < -0.4 is 0 Å². The van der Waals surface area contributed by atoms with Gasteiger partial charge in [0.15, 0.2) is 0 Å². The van der Waals surface area contributed by atoms with Crippen LogP contribution in [0.15, 0.2) is 12.4 Å². The number of likely N-dealkylation sites (tertiary alicyclic amines) is 1. The molecule has 0 aromatic carbocycles. The minimum absolute atomic E-state index is 0.634. The number of hydrogen-bond acceptors (Lipinski definition) is 2. The maximum Gasteiger partial charge on any atom is 0.407 e. The van der Waals surface area contributed by atoms with Crippen molar-refractivity contribution >= 4 is 6.09 Å². The van der Waals surface area contributed by atoms with Gasteiger partial charge in [-0.15, -0.1) is 0 Å². The minimum atomic E-state index is -0.786. The van der Waals surface area contributed by atoms with Gasteiger partial charge < -0.3 is 10.0 Å². The lowest BCUT2D eigenvalue weighted by Crippen LogP contribution is -2.37. The molecule has 0 spiro atoms. The fraction of sp³-hybridized carbons (Fsp3) is 0.667. The van der Waals surface area contributed by atoms with Gasteiger partial charge in [0.25, 0.3) is 0 Å². The first-order valence-corrected chi connectivity index (χ1v) is 6.12. The third-order valence-electron chi connectivity index (χ3n) is 3.41. The standard InChI is InChI=1S/C12H19N3O2/c1-10-8-13-15(9-10)7-4-11-2-5-14(6-3-11)12(16)17/h8-9,11H,2-7H2,1H3,(H,16,17). The van der Waals surface area contributed by atoms with Crippen LogP contribution in [-0.2, 0) is 6.54 Å². The highest BCUT2D eigenvalue weighted by molar-refractivity contribution is 5.64. The van der Waals surface area contributed by atoms with Crippen LogP contribution in [0, 0.1) is 12.8 Å². The van der Waals surface area contributed by atoms with Crippen LogP contribution in [0.5, 0.6) is 0 Å². The molecule has 1 aromatic heterocycles. The molecular formula is C12H19N3O2. The molecule has 0 unspecified atom stereocenters. The van der Waals surface area contributed by atoms with Crippen LogP contribution in [0.25, 0.3) is 0 Å². The number of aryl methyl sites for hydroxylation is 2. The van der Waals surface area contributed by atoms with Gasteiger partial charge in [-0.1, -0.05) is 0 Å². The first-order chi connectivity index (χ1) is 8.15. The highest BCUT2D eigenvalue weighted by atomic mass is 16.4. The topological polar surface area (TPSA) is 58.4 Å². The lowest BCUT2D eigenvalue weighted by Gasteiger charge is -2.29. The van der Waals surface area contributed by atoms with Gasteiger partial charge in [-0.05, 0) is 37.7 Å². The van der Waals surface area contributed by atoms with E-state index in [1.165, 1.54) is 10.5 Å². The van der Waals surface area contributed by atoms with Crippen LogP contribution in [0.4, 0.5) is 4.79 Å². The second kappa shape index (κ2) is 5.21. The Labute approximate surface area is 101 Å². The van der Waals surface area contributed by atoms with Gasteiger partial charge in [0.05, 0.1) is 6.20 Å². The number of aromatic nitrogens is 2. The number of amides is 1. The Kier molecular flexibility index (Phi) is 3.66. The predicted molar refractivity (Wildman–Crippen MR) is 63.9 cm³/mol. The summed E-state index contributed by atoms with van der Waals surface area (Å²) in [5, 5.41) is 13.1. The third kappa shape index (κ3) is 3.22. The Hall–Kier alpha value is -1.52. The van der Waals surface area contributed by atoms with Crippen molar-refractivity contribution in [1.82, 2.24) is 14.7 Å². The minimum Gasteiger partial charge on any atom is -0.465 e. The van der Waals surface area contributed by atoms with Gasteiger partial charge in [-0.2, -0.15) is 5.10 Å². The molecule has 5 nitrogen and oxygen atoms in total. The van der Waals surface area contributed by atoms with Gasteiger partial charge >= 0.3 is 6.09 Å². The summed E-state index contributed by atoms with van der Waals surface area (Å²) in [6.45, 7) is 4.33. The Morgan fingerprint density at radius 1 is 1.53 bits per heavy atom. The van der Waals surface area contributed by atoms with Crippen LogP contribution in [-0.4, -0.2) is 39.0 Å². The van der Waals surface area contributed by atoms with Gasteiger partial charge in [0.2, 0.25) is 0 Å².